The number of rotatable bonds is 4. The predicted molar refractivity (Wildman–Crippen MR) is 76.7 cm³/mol. The standard InChI is InChI=1S/C14H19BrN2O/c15-13-7-2-1-6-12(13)14(18)17-10-8-11-5-3-4-9-16-11/h1-2,6-7,11,16H,3-5,8-10H2,(H,17,18). The van der Waals surface area contributed by atoms with Crippen molar-refractivity contribution in [1.29, 1.82) is 0 Å². The van der Waals surface area contributed by atoms with Gasteiger partial charge in [0.2, 0.25) is 0 Å². The maximum Gasteiger partial charge on any atom is 0.252 e. The van der Waals surface area contributed by atoms with Crippen molar-refractivity contribution in [2.75, 3.05) is 13.1 Å². The average molecular weight is 311 g/mol. The van der Waals surface area contributed by atoms with Gasteiger partial charge < -0.3 is 10.6 Å². The van der Waals surface area contributed by atoms with E-state index in [1.54, 1.807) is 0 Å². The summed E-state index contributed by atoms with van der Waals surface area (Å²) in [4.78, 5) is 11.9. The Bertz CT molecular complexity index is 403. The number of halogens is 1. The van der Waals surface area contributed by atoms with Crippen molar-refractivity contribution in [3.8, 4) is 0 Å². The molecule has 2 N–H and O–H groups in total. The fourth-order valence-electron chi connectivity index (χ4n) is 2.27. The molecule has 1 heterocycles. The zero-order valence-corrected chi connectivity index (χ0v) is 12.0. The van der Waals surface area contributed by atoms with Crippen LogP contribution in [0.1, 0.15) is 36.0 Å². The maximum atomic E-state index is 11.9. The van der Waals surface area contributed by atoms with E-state index in [0.29, 0.717) is 11.6 Å². The minimum atomic E-state index is -0.00159. The van der Waals surface area contributed by atoms with Crippen molar-refractivity contribution in [3.63, 3.8) is 0 Å². The molecule has 98 valence electrons. The third-order valence-corrected chi connectivity index (χ3v) is 4.00. The van der Waals surface area contributed by atoms with E-state index >= 15 is 0 Å². The number of carbonyl (C=O) groups is 1. The number of amides is 1. The van der Waals surface area contributed by atoms with Gasteiger partial charge in [-0.1, -0.05) is 18.6 Å². The van der Waals surface area contributed by atoms with Gasteiger partial charge in [-0.25, -0.2) is 0 Å². The summed E-state index contributed by atoms with van der Waals surface area (Å²) in [7, 11) is 0. The number of nitrogens with one attached hydrogen (secondary N) is 2. The Kier molecular flexibility index (Phi) is 5.20. The van der Waals surface area contributed by atoms with Crippen LogP contribution in [0.15, 0.2) is 28.7 Å². The molecule has 0 spiro atoms. The molecule has 0 bridgehead atoms. The van der Waals surface area contributed by atoms with Gasteiger partial charge in [-0.15, -0.1) is 0 Å². The van der Waals surface area contributed by atoms with Crippen LogP contribution in [-0.2, 0) is 0 Å². The Balaban J connectivity index is 1.76. The summed E-state index contributed by atoms with van der Waals surface area (Å²) in [6.45, 7) is 1.85. The molecule has 4 heteroatoms. The zero-order chi connectivity index (χ0) is 12.8. The lowest BCUT2D eigenvalue weighted by molar-refractivity contribution is 0.0951. The van der Waals surface area contributed by atoms with E-state index in [2.05, 4.69) is 26.6 Å². The summed E-state index contributed by atoms with van der Waals surface area (Å²) in [6, 6.07) is 8.07. The second kappa shape index (κ2) is 6.90. The lowest BCUT2D eigenvalue weighted by Gasteiger charge is -2.23. The van der Waals surface area contributed by atoms with E-state index in [-0.39, 0.29) is 5.91 Å². The molecule has 18 heavy (non-hydrogen) atoms. The quantitative estimate of drug-likeness (QED) is 0.898. The minimum absolute atomic E-state index is 0.00159. The Hall–Kier alpha value is -0.870. The molecule has 1 aromatic rings. The normalized spacial score (nSPS) is 19.5. The maximum absolute atomic E-state index is 11.9. The second-order valence-electron chi connectivity index (χ2n) is 4.67. The van der Waals surface area contributed by atoms with Gasteiger partial charge in [-0.05, 0) is 53.9 Å². The van der Waals surface area contributed by atoms with Crippen LogP contribution in [-0.4, -0.2) is 25.0 Å². The summed E-state index contributed by atoms with van der Waals surface area (Å²) < 4.78 is 0.846. The van der Waals surface area contributed by atoms with Gasteiger partial charge in [-0.2, -0.15) is 0 Å². The van der Waals surface area contributed by atoms with Gasteiger partial charge in [-0.3, -0.25) is 4.79 Å². The van der Waals surface area contributed by atoms with Crippen molar-refractivity contribution >= 4 is 21.8 Å². The summed E-state index contributed by atoms with van der Waals surface area (Å²) in [5.41, 5.74) is 0.703. The first-order valence-electron chi connectivity index (χ1n) is 6.53. The number of benzene rings is 1. The number of piperidine rings is 1. The van der Waals surface area contributed by atoms with Gasteiger partial charge in [0.15, 0.2) is 0 Å². The first-order chi connectivity index (χ1) is 8.77. The van der Waals surface area contributed by atoms with Crippen molar-refractivity contribution in [2.24, 2.45) is 0 Å². The molecule has 0 aromatic heterocycles. The van der Waals surface area contributed by atoms with Gasteiger partial charge in [0.25, 0.3) is 5.91 Å². The fourth-order valence-corrected chi connectivity index (χ4v) is 2.74. The van der Waals surface area contributed by atoms with Crippen LogP contribution in [0.4, 0.5) is 0 Å². The largest absolute Gasteiger partial charge is 0.352 e. The van der Waals surface area contributed by atoms with Crippen LogP contribution in [0.25, 0.3) is 0 Å². The molecule has 1 fully saturated rings. The molecule has 1 unspecified atom stereocenters. The molecule has 3 nitrogen and oxygen atoms in total. The topological polar surface area (TPSA) is 41.1 Å². The molecular formula is C14H19BrN2O. The highest BCUT2D eigenvalue weighted by Gasteiger charge is 2.13. The van der Waals surface area contributed by atoms with Crippen LogP contribution >= 0.6 is 15.9 Å². The Morgan fingerprint density at radius 2 is 2.22 bits per heavy atom. The molecule has 1 saturated heterocycles. The molecule has 1 aliphatic rings. The second-order valence-corrected chi connectivity index (χ2v) is 5.53. The van der Waals surface area contributed by atoms with Gasteiger partial charge in [0, 0.05) is 17.1 Å². The molecule has 0 radical (unpaired) electrons. The highest BCUT2D eigenvalue weighted by Crippen LogP contribution is 2.15. The van der Waals surface area contributed by atoms with Gasteiger partial charge in [0.1, 0.15) is 0 Å². The van der Waals surface area contributed by atoms with E-state index in [1.807, 2.05) is 24.3 Å². The van der Waals surface area contributed by atoms with Crippen molar-refractivity contribution in [3.05, 3.63) is 34.3 Å². The van der Waals surface area contributed by atoms with Crippen molar-refractivity contribution in [2.45, 2.75) is 31.7 Å². The van der Waals surface area contributed by atoms with Crippen LogP contribution < -0.4 is 10.6 Å². The van der Waals surface area contributed by atoms with E-state index in [1.165, 1.54) is 19.3 Å². The smallest absolute Gasteiger partial charge is 0.252 e. The fraction of sp³-hybridized carbons (Fsp3) is 0.500. The van der Waals surface area contributed by atoms with Gasteiger partial charge in [0.05, 0.1) is 5.56 Å². The molecule has 0 aliphatic carbocycles. The predicted octanol–water partition coefficient (Wildman–Crippen LogP) is 2.71. The van der Waals surface area contributed by atoms with Crippen LogP contribution in [0, 0.1) is 0 Å². The molecule has 2 rings (SSSR count). The first kappa shape index (κ1) is 13.6. The van der Waals surface area contributed by atoms with E-state index < -0.39 is 0 Å². The molecule has 0 saturated carbocycles. The first-order valence-corrected chi connectivity index (χ1v) is 7.33. The van der Waals surface area contributed by atoms with Crippen LogP contribution in [0.5, 0.6) is 0 Å². The Morgan fingerprint density at radius 1 is 1.39 bits per heavy atom. The average Bonchev–Trinajstić information content (AvgIpc) is 2.40. The molecular weight excluding hydrogens is 292 g/mol. The van der Waals surface area contributed by atoms with Crippen molar-refractivity contribution in [1.82, 2.24) is 10.6 Å². The summed E-state index contributed by atoms with van der Waals surface area (Å²) in [6.07, 6.45) is 4.82. The van der Waals surface area contributed by atoms with E-state index in [0.717, 1.165) is 24.0 Å². The number of hydrogen-bond acceptors (Lipinski definition) is 2. The van der Waals surface area contributed by atoms with Crippen LogP contribution in [0.2, 0.25) is 0 Å². The lowest BCUT2D eigenvalue weighted by atomic mass is 10.0. The molecule has 1 atom stereocenters. The van der Waals surface area contributed by atoms with Crippen molar-refractivity contribution < 1.29 is 4.79 Å². The zero-order valence-electron chi connectivity index (χ0n) is 10.4. The minimum Gasteiger partial charge on any atom is -0.352 e. The van der Waals surface area contributed by atoms with Crippen LogP contribution in [0.3, 0.4) is 0 Å². The summed E-state index contributed by atoms with van der Waals surface area (Å²) in [5, 5.41) is 6.46. The Labute approximate surface area is 116 Å². The third kappa shape index (κ3) is 3.82. The van der Waals surface area contributed by atoms with E-state index in [4.69, 9.17) is 0 Å². The number of hydrogen-bond donors (Lipinski definition) is 2. The highest BCUT2D eigenvalue weighted by atomic mass is 79.9. The molecule has 1 aromatic carbocycles. The Morgan fingerprint density at radius 3 is 2.94 bits per heavy atom. The molecule has 1 aliphatic heterocycles. The van der Waals surface area contributed by atoms with E-state index in [9.17, 15) is 4.79 Å². The third-order valence-electron chi connectivity index (χ3n) is 3.31. The summed E-state index contributed by atoms with van der Waals surface area (Å²) in [5.74, 6) is -0.00159. The highest BCUT2D eigenvalue weighted by molar-refractivity contribution is 9.10. The number of carbonyl (C=O) groups excluding carboxylic acids is 1. The molecule has 1 amide bonds. The van der Waals surface area contributed by atoms with Gasteiger partial charge >= 0.3 is 0 Å². The monoisotopic (exact) mass is 310 g/mol. The summed E-state index contributed by atoms with van der Waals surface area (Å²) >= 11 is 3.39. The SMILES string of the molecule is O=C(NCCC1CCCCN1)c1ccccc1Br. The lowest BCUT2D eigenvalue weighted by Crippen LogP contribution is -2.37.